The Morgan fingerprint density at radius 1 is 0.952 bits per heavy atom. The minimum absolute atomic E-state index is 0.741. The average Bonchev–Trinajstić information content (AvgIpc) is 2.55. The molecule has 0 radical (unpaired) electrons. The van der Waals surface area contributed by atoms with Gasteiger partial charge in [-0.05, 0) is 44.7 Å². The number of piperazine rings is 1. The van der Waals surface area contributed by atoms with E-state index in [9.17, 15) is 0 Å². The van der Waals surface area contributed by atoms with Crippen LogP contribution in [0.1, 0.15) is 58.3 Å². The van der Waals surface area contributed by atoms with Crippen LogP contribution in [0.25, 0.3) is 0 Å². The molecular weight excluding hydrogens is 258 g/mol. The van der Waals surface area contributed by atoms with Gasteiger partial charge in [-0.2, -0.15) is 0 Å². The summed E-state index contributed by atoms with van der Waals surface area (Å²) >= 11 is 0. The van der Waals surface area contributed by atoms with Gasteiger partial charge in [0.2, 0.25) is 0 Å². The molecule has 3 nitrogen and oxygen atoms in total. The van der Waals surface area contributed by atoms with Crippen molar-refractivity contribution in [1.29, 1.82) is 0 Å². The van der Waals surface area contributed by atoms with Crippen LogP contribution in [0.2, 0.25) is 0 Å². The summed E-state index contributed by atoms with van der Waals surface area (Å²) in [7, 11) is 0. The van der Waals surface area contributed by atoms with E-state index in [2.05, 4.69) is 22.0 Å². The molecule has 3 aliphatic rings. The number of likely N-dealkylation sites (N-methyl/N-ethyl adjacent to an activating group) is 1. The third-order valence-corrected chi connectivity index (χ3v) is 6.06. The zero-order valence-corrected chi connectivity index (χ0v) is 14.0. The molecule has 2 unspecified atom stereocenters. The molecule has 0 bridgehead atoms. The van der Waals surface area contributed by atoms with E-state index in [1.807, 2.05) is 0 Å². The summed E-state index contributed by atoms with van der Waals surface area (Å²) in [6.07, 6.45) is 11.6. The maximum Gasteiger partial charge on any atom is 0.0223 e. The van der Waals surface area contributed by atoms with Crippen molar-refractivity contribution in [3.05, 3.63) is 0 Å². The van der Waals surface area contributed by atoms with Crippen molar-refractivity contribution in [2.24, 2.45) is 5.92 Å². The number of rotatable bonds is 5. The minimum Gasteiger partial charge on any atom is -0.313 e. The fraction of sp³-hybridized carbons (Fsp3) is 1.00. The maximum absolute atomic E-state index is 3.82. The molecule has 21 heavy (non-hydrogen) atoms. The SMILES string of the molecule is CCNC(CN1CCN2CCCCC2C1)C1CCCCC1. The number of piperidine rings is 1. The van der Waals surface area contributed by atoms with Crippen molar-refractivity contribution in [2.75, 3.05) is 39.3 Å². The second-order valence-corrected chi connectivity index (χ2v) is 7.51. The van der Waals surface area contributed by atoms with Gasteiger partial charge >= 0.3 is 0 Å². The summed E-state index contributed by atoms with van der Waals surface area (Å²) in [5, 5.41) is 3.82. The zero-order chi connectivity index (χ0) is 14.5. The molecule has 122 valence electrons. The predicted octanol–water partition coefficient (Wildman–Crippen LogP) is 2.71. The van der Waals surface area contributed by atoms with Crippen molar-refractivity contribution < 1.29 is 0 Å². The van der Waals surface area contributed by atoms with Crippen LogP contribution in [0.15, 0.2) is 0 Å². The van der Waals surface area contributed by atoms with Crippen molar-refractivity contribution in [3.8, 4) is 0 Å². The molecule has 2 saturated heterocycles. The van der Waals surface area contributed by atoms with Crippen LogP contribution in [-0.2, 0) is 0 Å². The highest BCUT2D eigenvalue weighted by molar-refractivity contribution is 4.88. The number of nitrogens with one attached hydrogen (secondary N) is 1. The fourth-order valence-electron chi connectivity index (χ4n) is 4.84. The largest absolute Gasteiger partial charge is 0.313 e. The second kappa shape index (κ2) is 7.94. The Hall–Kier alpha value is -0.120. The van der Waals surface area contributed by atoms with Gasteiger partial charge in [-0.15, -0.1) is 0 Å². The summed E-state index contributed by atoms with van der Waals surface area (Å²) in [5.41, 5.74) is 0. The predicted molar refractivity (Wildman–Crippen MR) is 89.7 cm³/mol. The van der Waals surface area contributed by atoms with Gasteiger partial charge in [-0.25, -0.2) is 0 Å². The number of hydrogen-bond donors (Lipinski definition) is 1. The van der Waals surface area contributed by atoms with Crippen LogP contribution in [0.4, 0.5) is 0 Å². The average molecular weight is 293 g/mol. The van der Waals surface area contributed by atoms with Gasteiger partial charge in [0, 0.05) is 38.3 Å². The minimum atomic E-state index is 0.741. The van der Waals surface area contributed by atoms with Crippen molar-refractivity contribution in [2.45, 2.75) is 70.4 Å². The Balaban J connectivity index is 1.52. The molecule has 3 heteroatoms. The summed E-state index contributed by atoms with van der Waals surface area (Å²) in [6, 6.07) is 1.60. The third kappa shape index (κ3) is 4.20. The van der Waals surface area contributed by atoms with E-state index in [1.54, 1.807) is 0 Å². The van der Waals surface area contributed by atoms with Gasteiger partial charge in [0.1, 0.15) is 0 Å². The lowest BCUT2D eigenvalue weighted by atomic mass is 9.83. The third-order valence-electron chi connectivity index (χ3n) is 6.06. The smallest absolute Gasteiger partial charge is 0.0223 e. The molecule has 3 fully saturated rings. The fourth-order valence-corrected chi connectivity index (χ4v) is 4.84. The lowest BCUT2D eigenvalue weighted by Gasteiger charge is -2.45. The van der Waals surface area contributed by atoms with E-state index >= 15 is 0 Å². The van der Waals surface area contributed by atoms with E-state index in [-0.39, 0.29) is 0 Å². The molecule has 0 aromatic rings. The first-order valence-electron chi connectivity index (χ1n) is 9.56. The second-order valence-electron chi connectivity index (χ2n) is 7.51. The Morgan fingerprint density at radius 2 is 1.76 bits per heavy atom. The molecule has 1 saturated carbocycles. The molecular formula is C18H35N3. The van der Waals surface area contributed by atoms with E-state index < -0.39 is 0 Å². The summed E-state index contributed by atoms with van der Waals surface area (Å²) in [5.74, 6) is 0.933. The monoisotopic (exact) mass is 293 g/mol. The van der Waals surface area contributed by atoms with Gasteiger partial charge in [0.15, 0.2) is 0 Å². The molecule has 1 aliphatic carbocycles. The van der Waals surface area contributed by atoms with E-state index in [1.165, 1.54) is 84.1 Å². The standard InChI is InChI=1S/C18H35N3/c1-2-19-18(16-8-4-3-5-9-16)15-20-12-13-21-11-7-6-10-17(21)14-20/h16-19H,2-15H2,1H3. The molecule has 1 N–H and O–H groups in total. The molecule has 0 aromatic carbocycles. The first kappa shape index (κ1) is 15.8. The quantitative estimate of drug-likeness (QED) is 0.841. The zero-order valence-electron chi connectivity index (χ0n) is 14.0. The number of fused-ring (bicyclic) bond motifs is 1. The van der Waals surface area contributed by atoms with Crippen LogP contribution in [0, 0.1) is 5.92 Å². The van der Waals surface area contributed by atoms with Crippen molar-refractivity contribution in [1.82, 2.24) is 15.1 Å². The topological polar surface area (TPSA) is 18.5 Å². The molecule has 0 aromatic heterocycles. The van der Waals surface area contributed by atoms with Crippen LogP contribution < -0.4 is 5.32 Å². The Labute approximate surface area is 131 Å². The lowest BCUT2D eigenvalue weighted by molar-refractivity contribution is 0.0394. The van der Waals surface area contributed by atoms with Gasteiger partial charge < -0.3 is 5.32 Å². The Morgan fingerprint density at radius 3 is 2.57 bits per heavy atom. The van der Waals surface area contributed by atoms with Crippen LogP contribution in [0.3, 0.4) is 0 Å². The molecule has 0 amide bonds. The summed E-state index contributed by atoms with van der Waals surface area (Å²) in [4.78, 5) is 5.53. The number of hydrogen-bond acceptors (Lipinski definition) is 3. The summed E-state index contributed by atoms with van der Waals surface area (Å²) < 4.78 is 0. The highest BCUT2D eigenvalue weighted by Gasteiger charge is 2.31. The first-order chi connectivity index (χ1) is 10.4. The maximum atomic E-state index is 3.82. The Bertz CT molecular complexity index is 301. The van der Waals surface area contributed by atoms with E-state index in [0.717, 1.165) is 24.5 Å². The van der Waals surface area contributed by atoms with Crippen LogP contribution in [0.5, 0.6) is 0 Å². The van der Waals surface area contributed by atoms with Gasteiger partial charge in [-0.1, -0.05) is 32.6 Å². The summed E-state index contributed by atoms with van der Waals surface area (Å²) in [6.45, 7) is 9.99. The van der Waals surface area contributed by atoms with Crippen molar-refractivity contribution in [3.63, 3.8) is 0 Å². The normalized spacial score (nSPS) is 31.0. The van der Waals surface area contributed by atoms with Gasteiger partial charge in [0.25, 0.3) is 0 Å². The van der Waals surface area contributed by atoms with Crippen LogP contribution in [-0.4, -0.2) is 61.2 Å². The first-order valence-corrected chi connectivity index (χ1v) is 9.56. The highest BCUT2D eigenvalue weighted by Crippen LogP contribution is 2.28. The molecule has 2 heterocycles. The molecule has 2 atom stereocenters. The van der Waals surface area contributed by atoms with Gasteiger partial charge in [-0.3, -0.25) is 9.80 Å². The molecule has 0 spiro atoms. The molecule has 3 rings (SSSR count). The van der Waals surface area contributed by atoms with E-state index in [4.69, 9.17) is 0 Å². The van der Waals surface area contributed by atoms with Crippen LogP contribution >= 0.6 is 0 Å². The highest BCUT2D eigenvalue weighted by atomic mass is 15.3. The van der Waals surface area contributed by atoms with Crippen molar-refractivity contribution >= 4 is 0 Å². The lowest BCUT2D eigenvalue weighted by Crippen LogP contribution is -2.57. The Kier molecular flexibility index (Phi) is 5.96. The molecule has 2 aliphatic heterocycles. The van der Waals surface area contributed by atoms with E-state index in [0.29, 0.717) is 0 Å². The van der Waals surface area contributed by atoms with Gasteiger partial charge in [0.05, 0.1) is 0 Å². The number of nitrogens with zero attached hydrogens (tertiary/aromatic N) is 2.